The van der Waals surface area contributed by atoms with Gasteiger partial charge in [-0.2, -0.15) is 0 Å². The van der Waals surface area contributed by atoms with E-state index in [9.17, 15) is 8.42 Å². The zero-order valence-corrected chi connectivity index (χ0v) is 8.34. The summed E-state index contributed by atoms with van der Waals surface area (Å²) in [4.78, 5) is 0.247. The highest BCUT2D eigenvalue weighted by Crippen LogP contribution is 2.08. The molecular formula is C9H11BO2S. The molecule has 0 bridgehead atoms. The zero-order valence-electron chi connectivity index (χ0n) is 7.53. The zero-order chi connectivity index (χ0) is 9.90. The maximum atomic E-state index is 11.6. The smallest absolute Gasteiger partial charge is 0.177 e. The lowest BCUT2D eigenvalue weighted by Crippen LogP contribution is -2.17. The van der Waals surface area contributed by atoms with Gasteiger partial charge in [0.15, 0.2) is 9.84 Å². The van der Waals surface area contributed by atoms with E-state index in [0.29, 0.717) is 11.9 Å². The van der Waals surface area contributed by atoms with E-state index in [1.807, 2.05) is 6.92 Å². The van der Waals surface area contributed by atoms with Crippen molar-refractivity contribution in [1.29, 1.82) is 0 Å². The molecule has 68 valence electrons. The molecule has 1 aromatic carbocycles. The summed E-state index contributed by atoms with van der Waals surface area (Å²) in [6, 6.07) is 6.54. The predicted molar refractivity (Wildman–Crippen MR) is 54.2 cm³/mol. The topological polar surface area (TPSA) is 34.1 Å². The summed E-state index contributed by atoms with van der Waals surface area (Å²) in [5.74, 6) is 0.154. The van der Waals surface area contributed by atoms with Crippen LogP contribution >= 0.6 is 0 Å². The van der Waals surface area contributed by atoms with Gasteiger partial charge in [0.05, 0.1) is 10.6 Å². The molecule has 0 N–H and O–H groups in total. The van der Waals surface area contributed by atoms with Gasteiger partial charge in [-0.1, -0.05) is 30.6 Å². The molecule has 0 spiro atoms. The molecule has 2 radical (unpaired) electrons. The third-order valence-electron chi connectivity index (χ3n) is 1.73. The average molecular weight is 194 g/mol. The van der Waals surface area contributed by atoms with Crippen molar-refractivity contribution in [3.05, 3.63) is 24.3 Å². The van der Waals surface area contributed by atoms with Crippen LogP contribution in [0.25, 0.3) is 0 Å². The number of hydrogen-bond acceptors (Lipinski definition) is 2. The molecule has 0 aromatic heterocycles. The Morgan fingerprint density at radius 3 is 2.46 bits per heavy atom. The molecular weight excluding hydrogens is 183 g/mol. The highest BCUT2D eigenvalue weighted by molar-refractivity contribution is 7.91. The molecule has 0 unspecified atom stereocenters. The Hall–Kier alpha value is -0.765. The molecule has 4 heteroatoms. The molecule has 0 atom stereocenters. The molecule has 0 fully saturated rings. The van der Waals surface area contributed by atoms with Crippen molar-refractivity contribution < 1.29 is 8.42 Å². The Kier molecular flexibility index (Phi) is 3.14. The minimum Gasteiger partial charge on any atom is -0.224 e. The minimum atomic E-state index is -3.17. The van der Waals surface area contributed by atoms with Crippen molar-refractivity contribution in [3.8, 4) is 0 Å². The first-order valence-corrected chi connectivity index (χ1v) is 5.80. The van der Waals surface area contributed by atoms with Gasteiger partial charge in [-0.15, -0.1) is 0 Å². The molecule has 1 rings (SSSR count). The van der Waals surface area contributed by atoms with E-state index in [1.54, 1.807) is 24.3 Å². The molecule has 1 aromatic rings. The van der Waals surface area contributed by atoms with E-state index in [1.165, 1.54) is 0 Å². The summed E-state index contributed by atoms with van der Waals surface area (Å²) in [7, 11) is 2.39. The SMILES string of the molecule is [B]c1ccccc1S(=O)(=O)CCC. The van der Waals surface area contributed by atoms with Crippen LogP contribution < -0.4 is 5.46 Å². The fourth-order valence-electron chi connectivity index (χ4n) is 1.14. The van der Waals surface area contributed by atoms with Gasteiger partial charge in [-0.05, 0) is 12.5 Å². The van der Waals surface area contributed by atoms with Crippen molar-refractivity contribution in [1.82, 2.24) is 0 Å². The van der Waals surface area contributed by atoms with Crippen LogP contribution in [0.1, 0.15) is 13.3 Å². The Balaban J connectivity index is 3.15. The minimum absolute atomic E-state index is 0.154. The van der Waals surface area contributed by atoms with Gasteiger partial charge in [0.25, 0.3) is 0 Å². The lowest BCUT2D eigenvalue weighted by atomic mass is 9.97. The number of hydrogen-bond donors (Lipinski definition) is 0. The second-order valence-corrected chi connectivity index (χ2v) is 4.93. The molecule has 0 amide bonds. The van der Waals surface area contributed by atoms with Gasteiger partial charge in [-0.25, -0.2) is 8.42 Å². The lowest BCUT2D eigenvalue weighted by molar-refractivity contribution is 0.595. The van der Waals surface area contributed by atoms with Gasteiger partial charge in [0, 0.05) is 0 Å². The predicted octanol–water partition coefficient (Wildman–Crippen LogP) is 0.664. The van der Waals surface area contributed by atoms with E-state index in [-0.39, 0.29) is 10.6 Å². The highest BCUT2D eigenvalue weighted by Gasteiger charge is 2.13. The second kappa shape index (κ2) is 3.96. The quantitative estimate of drug-likeness (QED) is 0.662. The first-order chi connectivity index (χ1) is 6.08. The van der Waals surface area contributed by atoms with E-state index in [2.05, 4.69) is 0 Å². The number of benzene rings is 1. The van der Waals surface area contributed by atoms with Crippen LogP contribution in [0.4, 0.5) is 0 Å². The third-order valence-corrected chi connectivity index (χ3v) is 3.71. The summed E-state index contributed by atoms with van der Waals surface area (Å²) >= 11 is 0. The van der Waals surface area contributed by atoms with Crippen LogP contribution in [0.5, 0.6) is 0 Å². The summed E-state index contributed by atoms with van der Waals surface area (Å²) in [6.45, 7) is 1.83. The molecule has 0 aliphatic rings. The first kappa shape index (κ1) is 10.3. The van der Waals surface area contributed by atoms with Crippen LogP contribution in [0.2, 0.25) is 0 Å². The van der Waals surface area contributed by atoms with E-state index < -0.39 is 9.84 Å². The van der Waals surface area contributed by atoms with Gasteiger partial charge in [-0.3, -0.25) is 0 Å². The fraction of sp³-hybridized carbons (Fsp3) is 0.333. The average Bonchev–Trinajstić information content (AvgIpc) is 2.04. The highest BCUT2D eigenvalue weighted by atomic mass is 32.2. The van der Waals surface area contributed by atoms with Crippen molar-refractivity contribution >= 4 is 23.1 Å². The van der Waals surface area contributed by atoms with Crippen molar-refractivity contribution in [2.75, 3.05) is 5.75 Å². The number of rotatable bonds is 3. The van der Waals surface area contributed by atoms with Crippen LogP contribution in [0.3, 0.4) is 0 Å². The Labute approximate surface area is 80.3 Å². The van der Waals surface area contributed by atoms with E-state index >= 15 is 0 Å². The summed E-state index contributed by atoms with van der Waals surface area (Å²) in [5.41, 5.74) is 0.330. The standard InChI is InChI=1S/C9H11BO2S/c1-2-7-13(11,12)9-6-4-3-5-8(9)10/h3-6H,2,7H2,1H3. The van der Waals surface area contributed by atoms with E-state index in [4.69, 9.17) is 7.85 Å². The largest absolute Gasteiger partial charge is 0.224 e. The Morgan fingerprint density at radius 1 is 1.31 bits per heavy atom. The van der Waals surface area contributed by atoms with E-state index in [0.717, 1.165) is 0 Å². The molecule has 0 aliphatic carbocycles. The maximum Gasteiger partial charge on any atom is 0.177 e. The van der Waals surface area contributed by atoms with Gasteiger partial charge >= 0.3 is 0 Å². The molecule has 0 heterocycles. The monoisotopic (exact) mass is 194 g/mol. The lowest BCUT2D eigenvalue weighted by Gasteiger charge is -2.05. The van der Waals surface area contributed by atoms with Gasteiger partial charge < -0.3 is 0 Å². The Bertz CT molecular complexity index is 384. The van der Waals surface area contributed by atoms with Gasteiger partial charge in [0.1, 0.15) is 7.85 Å². The fourth-order valence-corrected chi connectivity index (χ4v) is 2.61. The number of sulfone groups is 1. The molecule has 0 saturated carbocycles. The third kappa shape index (κ3) is 2.34. The summed E-state index contributed by atoms with van der Waals surface area (Å²) in [6.07, 6.45) is 0.608. The van der Waals surface area contributed by atoms with Crippen LogP contribution in [-0.2, 0) is 9.84 Å². The normalized spacial score (nSPS) is 11.5. The molecule has 2 nitrogen and oxygen atoms in total. The molecule has 0 aliphatic heterocycles. The van der Waals surface area contributed by atoms with Crippen molar-refractivity contribution in [2.24, 2.45) is 0 Å². The Morgan fingerprint density at radius 2 is 1.92 bits per heavy atom. The van der Waals surface area contributed by atoms with Crippen LogP contribution in [0, 0.1) is 0 Å². The maximum absolute atomic E-state index is 11.6. The molecule has 0 saturated heterocycles. The van der Waals surface area contributed by atoms with Gasteiger partial charge in [0.2, 0.25) is 0 Å². The van der Waals surface area contributed by atoms with Crippen molar-refractivity contribution in [3.63, 3.8) is 0 Å². The van der Waals surface area contributed by atoms with Crippen LogP contribution in [0.15, 0.2) is 29.2 Å². The summed E-state index contributed by atoms with van der Waals surface area (Å²) in [5, 5.41) is 0. The van der Waals surface area contributed by atoms with Crippen LogP contribution in [-0.4, -0.2) is 22.0 Å². The summed E-state index contributed by atoms with van der Waals surface area (Å²) < 4.78 is 23.1. The first-order valence-electron chi connectivity index (χ1n) is 4.15. The van der Waals surface area contributed by atoms with Crippen molar-refractivity contribution in [2.45, 2.75) is 18.2 Å². The second-order valence-electron chi connectivity index (χ2n) is 2.86. The molecule has 13 heavy (non-hydrogen) atoms.